The molecule has 1 aliphatic carbocycles. The molecule has 148 valence electrons. The summed E-state index contributed by atoms with van der Waals surface area (Å²) in [5.74, 6) is -2.75. The summed E-state index contributed by atoms with van der Waals surface area (Å²) in [6, 6.07) is 5.83. The van der Waals surface area contributed by atoms with E-state index in [-0.39, 0.29) is 22.8 Å². The number of phosphoric ester groups is 1. The lowest BCUT2D eigenvalue weighted by atomic mass is 10.1. The minimum absolute atomic E-state index is 0.0344. The molecule has 1 aliphatic heterocycles. The van der Waals surface area contributed by atoms with E-state index in [1.54, 1.807) is 0 Å². The third-order valence-corrected chi connectivity index (χ3v) is 7.02. The summed E-state index contributed by atoms with van der Waals surface area (Å²) in [5.41, 5.74) is 0.0741. The van der Waals surface area contributed by atoms with Crippen molar-refractivity contribution in [1.29, 1.82) is 0 Å². The molecule has 0 aromatic heterocycles. The molecule has 0 bridgehead atoms. The van der Waals surface area contributed by atoms with Crippen LogP contribution in [0.15, 0.2) is 24.3 Å². The van der Waals surface area contributed by atoms with Gasteiger partial charge in [0.2, 0.25) is 0 Å². The summed E-state index contributed by atoms with van der Waals surface area (Å²) in [5, 5.41) is 0. The van der Waals surface area contributed by atoms with E-state index >= 15 is 0 Å². The number of carbonyl (C=O) groups excluding carboxylic acids is 2. The van der Waals surface area contributed by atoms with Gasteiger partial charge >= 0.3 is 7.82 Å². The Morgan fingerprint density at radius 3 is 2.11 bits per heavy atom. The molecule has 1 fully saturated rings. The van der Waals surface area contributed by atoms with Crippen molar-refractivity contribution in [2.75, 3.05) is 11.5 Å². The van der Waals surface area contributed by atoms with Crippen LogP contribution in [0.1, 0.15) is 46.4 Å². The predicted molar refractivity (Wildman–Crippen MR) is 94.5 cm³/mol. The van der Waals surface area contributed by atoms with Crippen molar-refractivity contribution in [3.63, 3.8) is 0 Å². The van der Waals surface area contributed by atoms with Gasteiger partial charge < -0.3 is 9.79 Å². The fraction of sp³-hybridized carbons (Fsp3) is 0.500. The first kappa shape index (κ1) is 20.2. The van der Waals surface area contributed by atoms with E-state index in [4.69, 9.17) is 9.79 Å². The molecule has 1 atom stereocenters. The zero-order valence-electron chi connectivity index (χ0n) is 14.4. The van der Waals surface area contributed by atoms with Gasteiger partial charge in [0.05, 0.1) is 22.6 Å². The third-order valence-electron chi connectivity index (χ3n) is 4.73. The lowest BCUT2D eigenvalue weighted by Crippen LogP contribution is -2.45. The van der Waals surface area contributed by atoms with Crippen LogP contribution >= 0.6 is 7.82 Å². The van der Waals surface area contributed by atoms with E-state index in [1.165, 1.54) is 24.3 Å². The van der Waals surface area contributed by atoms with Crippen molar-refractivity contribution in [3.8, 4) is 0 Å². The van der Waals surface area contributed by atoms with Crippen molar-refractivity contribution < 1.29 is 36.9 Å². The largest absolute Gasteiger partial charge is 0.471 e. The summed E-state index contributed by atoms with van der Waals surface area (Å²) in [7, 11) is -8.98. The first-order chi connectivity index (χ1) is 12.6. The third kappa shape index (κ3) is 4.64. The van der Waals surface area contributed by atoms with E-state index in [2.05, 4.69) is 4.52 Å². The lowest BCUT2D eigenvalue weighted by Gasteiger charge is -2.26. The van der Waals surface area contributed by atoms with E-state index in [9.17, 15) is 22.6 Å². The Balaban J connectivity index is 1.87. The molecular weight excluding hydrogens is 397 g/mol. The highest BCUT2D eigenvalue weighted by molar-refractivity contribution is 7.91. The summed E-state index contributed by atoms with van der Waals surface area (Å²) >= 11 is 0. The second-order valence-corrected chi connectivity index (χ2v) is 10.1. The van der Waals surface area contributed by atoms with E-state index in [0.29, 0.717) is 4.90 Å². The average Bonchev–Trinajstić information content (AvgIpc) is 3.12. The quantitative estimate of drug-likeness (QED) is 0.500. The van der Waals surface area contributed by atoms with Crippen molar-refractivity contribution in [1.82, 2.24) is 4.90 Å². The minimum Gasteiger partial charge on any atom is -0.303 e. The number of phosphoric acid groups is 1. The van der Waals surface area contributed by atoms with Crippen molar-refractivity contribution in [3.05, 3.63) is 35.4 Å². The molecule has 2 aliphatic rings. The average molecular weight is 417 g/mol. The summed E-state index contributed by atoms with van der Waals surface area (Å²) in [6.45, 7) is 0. The van der Waals surface area contributed by atoms with Gasteiger partial charge in [-0.05, 0) is 30.9 Å². The van der Waals surface area contributed by atoms with Crippen LogP contribution in [0.3, 0.4) is 0 Å². The molecule has 1 aromatic carbocycles. The number of carbonyl (C=O) groups is 2. The number of hydrogen-bond donors (Lipinski definition) is 2. The highest BCUT2D eigenvalue weighted by Gasteiger charge is 2.44. The van der Waals surface area contributed by atoms with E-state index in [1.807, 2.05) is 0 Å². The second-order valence-electron chi connectivity index (χ2n) is 6.80. The normalized spacial score (nSPS) is 19.6. The molecule has 9 nitrogen and oxygen atoms in total. The number of nitrogens with zero attached hydrogens (tertiary/aromatic N) is 1. The Kier molecular flexibility index (Phi) is 5.56. The molecule has 0 spiro atoms. The van der Waals surface area contributed by atoms with Crippen LogP contribution in [0.5, 0.6) is 0 Å². The maximum absolute atomic E-state index is 12.5. The molecule has 2 N–H and O–H groups in total. The number of rotatable bonds is 7. The highest BCUT2D eigenvalue weighted by Crippen LogP contribution is 2.40. The lowest BCUT2D eigenvalue weighted by molar-refractivity contribution is 0.0215. The zero-order chi connectivity index (χ0) is 19.8. The molecule has 1 aromatic rings. The number of benzene rings is 1. The maximum Gasteiger partial charge on any atom is 0.471 e. The van der Waals surface area contributed by atoms with Crippen molar-refractivity contribution >= 4 is 29.5 Å². The molecule has 27 heavy (non-hydrogen) atoms. The number of amides is 2. The van der Waals surface area contributed by atoms with Gasteiger partial charge in [0.15, 0.2) is 16.1 Å². The molecule has 11 heteroatoms. The smallest absolute Gasteiger partial charge is 0.303 e. The van der Waals surface area contributed by atoms with Gasteiger partial charge in [-0.15, -0.1) is 0 Å². The molecule has 2 amide bonds. The molecule has 3 rings (SSSR count). The fourth-order valence-corrected chi connectivity index (χ4v) is 6.03. The summed E-state index contributed by atoms with van der Waals surface area (Å²) < 4.78 is 41.0. The molecule has 1 saturated carbocycles. The predicted octanol–water partition coefficient (Wildman–Crippen LogP) is 1.32. The van der Waals surface area contributed by atoms with Crippen molar-refractivity contribution in [2.24, 2.45) is 5.92 Å². The van der Waals surface area contributed by atoms with Crippen LogP contribution in [0.25, 0.3) is 0 Å². The monoisotopic (exact) mass is 417 g/mol. The van der Waals surface area contributed by atoms with E-state index < -0.39 is 41.5 Å². The Bertz CT molecular complexity index is 868. The Morgan fingerprint density at radius 2 is 1.63 bits per heavy atom. The van der Waals surface area contributed by atoms with Crippen molar-refractivity contribution in [2.45, 2.75) is 31.9 Å². The number of fused-ring (bicyclic) bond motifs is 1. The number of hydrogen-bond acceptors (Lipinski definition) is 6. The molecule has 1 unspecified atom stereocenters. The highest BCUT2D eigenvalue weighted by atomic mass is 32.2. The van der Waals surface area contributed by atoms with Crippen LogP contribution in [-0.2, 0) is 18.9 Å². The summed E-state index contributed by atoms with van der Waals surface area (Å²) in [4.78, 5) is 43.9. The zero-order valence-corrected chi connectivity index (χ0v) is 16.1. The van der Waals surface area contributed by atoms with Crippen LogP contribution < -0.4 is 0 Å². The molecule has 0 saturated heterocycles. The SMILES string of the molecule is O=C1c2ccccc2C(=O)N1C(CS(=O)(=O)CC1CCCC1)OP(=O)(O)O. The molecular formula is C16H20NO8PS. The second kappa shape index (κ2) is 7.44. The first-order valence-corrected chi connectivity index (χ1v) is 11.8. The minimum atomic E-state index is -5.16. The van der Waals surface area contributed by atoms with Gasteiger partial charge in [0.1, 0.15) is 0 Å². The summed E-state index contributed by atoms with van der Waals surface area (Å²) in [6.07, 6.45) is 1.48. The number of sulfone groups is 1. The van der Waals surface area contributed by atoms with Gasteiger partial charge in [-0.3, -0.25) is 14.1 Å². The van der Waals surface area contributed by atoms with Gasteiger partial charge in [-0.2, -0.15) is 0 Å². The Morgan fingerprint density at radius 1 is 1.11 bits per heavy atom. The van der Waals surface area contributed by atoms with Crippen LogP contribution in [-0.4, -0.2) is 52.7 Å². The number of imide groups is 1. The van der Waals surface area contributed by atoms with Gasteiger partial charge in [-0.1, -0.05) is 25.0 Å². The van der Waals surface area contributed by atoms with Gasteiger partial charge in [0, 0.05) is 0 Å². The fourth-order valence-electron chi connectivity index (χ4n) is 3.60. The molecule has 0 radical (unpaired) electrons. The first-order valence-electron chi connectivity index (χ1n) is 8.49. The Labute approximate surface area is 156 Å². The standard InChI is InChI=1S/C16H20NO8PS/c18-15-12-7-3-4-8-13(12)16(19)17(15)14(25-26(20,21)22)10-27(23,24)9-11-5-1-2-6-11/h3-4,7-8,11,14H,1-2,5-6,9-10H2,(H2,20,21,22). The van der Waals surface area contributed by atoms with Crippen LogP contribution in [0.2, 0.25) is 0 Å². The van der Waals surface area contributed by atoms with Crippen LogP contribution in [0, 0.1) is 5.92 Å². The van der Waals surface area contributed by atoms with Gasteiger partial charge in [0.25, 0.3) is 11.8 Å². The van der Waals surface area contributed by atoms with Gasteiger partial charge in [-0.25, -0.2) is 17.9 Å². The topological polar surface area (TPSA) is 138 Å². The van der Waals surface area contributed by atoms with Crippen LogP contribution in [0.4, 0.5) is 0 Å². The maximum atomic E-state index is 12.5. The Hall–Kier alpha value is -1.58. The van der Waals surface area contributed by atoms with E-state index in [0.717, 1.165) is 25.7 Å². The molecule has 1 heterocycles.